The van der Waals surface area contributed by atoms with E-state index in [4.69, 9.17) is 0 Å². The summed E-state index contributed by atoms with van der Waals surface area (Å²) >= 11 is 0. The average Bonchev–Trinajstić information content (AvgIpc) is 3.47. The molecule has 7 nitrogen and oxygen atoms in total. The topological polar surface area (TPSA) is 91.1 Å². The van der Waals surface area contributed by atoms with E-state index in [1.165, 1.54) is 12.1 Å². The van der Waals surface area contributed by atoms with Crippen molar-refractivity contribution in [2.24, 2.45) is 20.9 Å². The Labute approximate surface area is 154 Å². The van der Waals surface area contributed by atoms with Gasteiger partial charge in [0, 0.05) is 6.04 Å². The Kier molecular flexibility index (Phi) is 7.17. The number of nitrogens with zero attached hydrogens (tertiary/aromatic N) is 4. The van der Waals surface area contributed by atoms with Crippen LogP contribution in [-0.2, 0) is 11.0 Å². The predicted octanol–water partition coefficient (Wildman–Crippen LogP) is 2.04. The third-order valence-electron chi connectivity index (χ3n) is 3.88. The van der Waals surface area contributed by atoms with Crippen LogP contribution in [-0.4, -0.2) is 49.0 Å². The van der Waals surface area contributed by atoms with Gasteiger partial charge < -0.3 is 10.1 Å². The summed E-state index contributed by atoms with van der Waals surface area (Å²) in [6, 6.07) is 3.57. The molecule has 27 heavy (non-hydrogen) atoms. The van der Waals surface area contributed by atoms with E-state index in [0.29, 0.717) is 12.2 Å². The Bertz CT molecular complexity index is 728. The molecule has 2 N–H and O–H groups in total. The molecular formula is C17H21F3N6O. The Morgan fingerprint density at radius 2 is 2.19 bits per heavy atom. The molecule has 1 aromatic heterocycles. The highest BCUT2D eigenvalue weighted by atomic mass is 19.4. The van der Waals surface area contributed by atoms with E-state index in [1.807, 2.05) is 6.92 Å². The molecule has 1 aromatic rings. The molecule has 2 rings (SSSR count). The fraction of sp³-hybridized carbons (Fsp3) is 0.471. The molecule has 1 unspecified atom stereocenters. The third kappa shape index (κ3) is 6.55. The van der Waals surface area contributed by atoms with Gasteiger partial charge in [0.2, 0.25) is 5.96 Å². The molecule has 0 saturated heterocycles. The van der Waals surface area contributed by atoms with Crippen molar-refractivity contribution < 1.29 is 18.0 Å². The summed E-state index contributed by atoms with van der Waals surface area (Å²) in [4.78, 5) is 26.1. The molecule has 0 amide bonds. The third-order valence-corrected chi connectivity index (χ3v) is 3.88. The summed E-state index contributed by atoms with van der Waals surface area (Å²) in [5, 5.41) is 5.90. The van der Waals surface area contributed by atoms with Crippen LogP contribution in [0.25, 0.3) is 0 Å². The van der Waals surface area contributed by atoms with Crippen molar-refractivity contribution in [3.05, 3.63) is 29.6 Å². The van der Waals surface area contributed by atoms with E-state index in [-0.39, 0.29) is 36.7 Å². The maximum absolute atomic E-state index is 12.9. The van der Waals surface area contributed by atoms with Crippen molar-refractivity contribution in [1.82, 2.24) is 15.6 Å². The largest absolute Gasteiger partial charge is 0.433 e. The van der Waals surface area contributed by atoms with Crippen LogP contribution in [0, 0.1) is 5.92 Å². The zero-order valence-electron chi connectivity index (χ0n) is 14.8. The molecule has 1 atom stereocenters. The minimum Gasteiger partial charge on any atom is -0.352 e. The number of carbonyl (C=O) groups is 1. The Morgan fingerprint density at radius 3 is 2.78 bits per heavy atom. The van der Waals surface area contributed by atoms with Gasteiger partial charge in [-0.05, 0) is 44.5 Å². The number of hydrogen-bond acceptors (Lipinski definition) is 4. The Morgan fingerprint density at radius 1 is 1.44 bits per heavy atom. The van der Waals surface area contributed by atoms with Gasteiger partial charge in [0.25, 0.3) is 0 Å². The number of guanidine groups is 1. The number of aromatic nitrogens is 1. The highest BCUT2D eigenvalue weighted by Crippen LogP contribution is 2.32. The van der Waals surface area contributed by atoms with Crippen LogP contribution in [0.3, 0.4) is 0 Å². The van der Waals surface area contributed by atoms with Crippen molar-refractivity contribution in [2.45, 2.75) is 32.0 Å². The minimum absolute atomic E-state index is 0.0609. The van der Waals surface area contributed by atoms with E-state index >= 15 is 0 Å². The summed E-state index contributed by atoms with van der Waals surface area (Å²) in [7, 11) is 0. The molecular weight excluding hydrogens is 361 g/mol. The summed E-state index contributed by atoms with van der Waals surface area (Å²) in [6.07, 6.45) is -1.69. The first-order valence-electron chi connectivity index (χ1n) is 8.40. The highest BCUT2D eigenvalue weighted by molar-refractivity contribution is 6.06. The summed E-state index contributed by atoms with van der Waals surface area (Å²) in [6.45, 7) is 5.59. The van der Waals surface area contributed by atoms with Crippen LogP contribution in [0.15, 0.2) is 33.2 Å². The number of alkyl halides is 3. The van der Waals surface area contributed by atoms with Gasteiger partial charge in [-0.25, -0.2) is 15.0 Å². The van der Waals surface area contributed by atoms with Crippen molar-refractivity contribution in [2.75, 3.05) is 13.2 Å². The Hall–Kier alpha value is -2.62. The maximum Gasteiger partial charge on any atom is 0.433 e. The number of rotatable bonds is 7. The van der Waals surface area contributed by atoms with Crippen molar-refractivity contribution in [3.8, 4) is 0 Å². The zero-order chi connectivity index (χ0) is 19.9. The van der Waals surface area contributed by atoms with Gasteiger partial charge >= 0.3 is 6.18 Å². The fourth-order valence-corrected chi connectivity index (χ4v) is 2.28. The average molecular weight is 382 g/mol. The molecule has 1 saturated carbocycles. The maximum atomic E-state index is 12.9. The molecule has 10 heteroatoms. The predicted molar refractivity (Wildman–Crippen MR) is 97.0 cm³/mol. The quantitative estimate of drug-likeness (QED) is 0.327. The fourth-order valence-electron chi connectivity index (χ4n) is 2.28. The van der Waals surface area contributed by atoms with E-state index in [2.05, 4.69) is 37.3 Å². The lowest BCUT2D eigenvalue weighted by atomic mass is 10.2. The van der Waals surface area contributed by atoms with E-state index in [9.17, 15) is 18.0 Å². The Balaban J connectivity index is 2.27. The van der Waals surface area contributed by atoms with Crippen LogP contribution in [0.1, 0.15) is 31.2 Å². The van der Waals surface area contributed by atoms with Gasteiger partial charge in [-0.1, -0.05) is 6.07 Å². The van der Waals surface area contributed by atoms with Gasteiger partial charge in [-0.3, -0.25) is 5.32 Å². The normalized spacial score (nSPS) is 16.7. The minimum atomic E-state index is -4.57. The molecule has 146 valence electrons. The lowest BCUT2D eigenvalue weighted by Crippen LogP contribution is -2.34. The second-order valence-electron chi connectivity index (χ2n) is 6.03. The van der Waals surface area contributed by atoms with Crippen molar-refractivity contribution >= 4 is 24.8 Å². The second-order valence-corrected chi connectivity index (χ2v) is 6.03. The molecule has 1 fully saturated rings. The molecule has 0 spiro atoms. The van der Waals surface area contributed by atoms with Gasteiger partial charge in [0.15, 0.2) is 5.84 Å². The summed E-state index contributed by atoms with van der Waals surface area (Å²) < 4.78 is 38.6. The first-order chi connectivity index (χ1) is 12.8. The first kappa shape index (κ1) is 20.7. The van der Waals surface area contributed by atoms with Gasteiger partial charge in [0.1, 0.15) is 17.7 Å². The molecule has 0 aromatic carbocycles. The molecule has 0 bridgehead atoms. The molecule has 1 aliphatic rings. The van der Waals surface area contributed by atoms with Crippen LogP contribution < -0.4 is 10.6 Å². The first-order valence-corrected chi connectivity index (χ1v) is 8.40. The van der Waals surface area contributed by atoms with Crippen LogP contribution in [0.4, 0.5) is 13.2 Å². The smallest absolute Gasteiger partial charge is 0.352 e. The number of pyridine rings is 1. The summed E-state index contributed by atoms with van der Waals surface area (Å²) in [5.41, 5.74) is -1.10. The highest BCUT2D eigenvalue weighted by Gasteiger charge is 2.33. The SMILES string of the molecule is C=NC(=NC(=NCNCC=O)NC(C)C1CC1)c1cccc(C(F)(F)F)n1. The van der Waals surface area contributed by atoms with Crippen LogP contribution in [0.2, 0.25) is 0 Å². The van der Waals surface area contributed by atoms with Gasteiger partial charge in [-0.15, -0.1) is 0 Å². The van der Waals surface area contributed by atoms with Gasteiger partial charge in [0.05, 0.1) is 13.2 Å². The molecule has 1 aliphatic carbocycles. The number of hydrogen-bond donors (Lipinski definition) is 2. The number of aliphatic imine (C=N–C) groups is 3. The number of aldehydes is 1. The number of nitrogens with one attached hydrogen (secondary N) is 2. The number of amidine groups is 1. The number of halogens is 3. The van der Waals surface area contributed by atoms with Crippen LogP contribution >= 0.6 is 0 Å². The lowest BCUT2D eigenvalue weighted by Gasteiger charge is -2.14. The monoisotopic (exact) mass is 382 g/mol. The zero-order valence-corrected chi connectivity index (χ0v) is 14.8. The molecule has 0 radical (unpaired) electrons. The lowest BCUT2D eigenvalue weighted by molar-refractivity contribution is -0.141. The second kappa shape index (κ2) is 9.36. The summed E-state index contributed by atoms with van der Waals surface area (Å²) in [5.74, 6) is 0.611. The van der Waals surface area contributed by atoms with Gasteiger partial charge in [-0.2, -0.15) is 18.2 Å². The van der Waals surface area contributed by atoms with E-state index < -0.39 is 11.9 Å². The van der Waals surface area contributed by atoms with Crippen molar-refractivity contribution in [1.29, 1.82) is 0 Å². The van der Waals surface area contributed by atoms with E-state index in [1.54, 1.807) is 0 Å². The molecule has 0 aliphatic heterocycles. The van der Waals surface area contributed by atoms with Crippen molar-refractivity contribution in [3.63, 3.8) is 0 Å². The van der Waals surface area contributed by atoms with E-state index in [0.717, 1.165) is 18.9 Å². The van der Waals surface area contributed by atoms with Crippen LogP contribution in [0.5, 0.6) is 0 Å². The number of carbonyl (C=O) groups excluding carboxylic acids is 1. The molecule has 1 heterocycles. The standard InChI is InChI=1S/C17H21F3N6O/c1-11(12-6-7-12)24-16(23-10-22-8-9-27)26-15(21-2)13-4-3-5-14(25-13)17(18,19)20/h3-5,9,11-12,22H,2,6-8,10H2,1H3,(H,23,24).